The predicted octanol–water partition coefficient (Wildman–Crippen LogP) is 4.81. The lowest BCUT2D eigenvalue weighted by Crippen LogP contribution is -2.36. The molecule has 2 heterocycles. The van der Waals surface area contributed by atoms with Gasteiger partial charge in [-0.25, -0.2) is 4.39 Å². The van der Waals surface area contributed by atoms with E-state index in [1.165, 1.54) is 12.1 Å². The Kier molecular flexibility index (Phi) is 3.74. The Balaban J connectivity index is 1.69. The van der Waals surface area contributed by atoms with Crippen LogP contribution in [0.15, 0.2) is 36.4 Å². The van der Waals surface area contributed by atoms with Crippen LogP contribution >= 0.6 is 23.2 Å². The number of carbonyl (C=O) groups excluding carboxylic acids is 1. The molecule has 3 aromatic rings. The maximum absolute atomic E-state index is 13.2. The van der Waals surface area contributed by atoms with Crippen molar-refractivity contribution < 1.29 is 9.18 Å². The van der Waals surface area contributed by atoms with E-state index in [4.69, 9.17) is 23.2 Å². The SMILES string of the molecule is O=C(c1ccc(F)cc1Cl)N1CCc2[nH]c3ccc(Cl)cc3c2C1. The summed E-state index contributed by atoms with van der Waals surface area (Å²) in [7, 11) is 0. The number of nitrogens with zero attached hydrogens (tertiary/aromatic N) is 1. The second kappa shape index (κ2) is 5.80. The molecule has 24 heavy (non-hydrogen) atoms. The van der Waals surface area contributed by atoms with Crippen molar-refractivity contribution in [2.45, 2.75) is 13.0 Å². The first-order valence-corrected chi connectivity index (χ1v) is 8.32. The van der Waals surface area contributed by atoms with E-state index >= 15 is 0 Å². The highest BCUT2D eigenvalue weighted by Gasteiger charge is 2.26. The van der Waals surface area contributed by atoms with E-state index < -0.39 is 5.82 Å². The van der Waals surface area contributed by atoms with E-state index in [1.54, 1.807) is 4.90 Å². The summed E-state index contributed by atoms with van der Waals surface area (Å²) in [5.74, 6) is -0.647. The third kappa shape index (κ3) is 2.56. The van der Waals surface area contributed by atoms with E-state index in [2.05, 4.69) is 4.98 Å². The molecule has 0 saturated heterocycles. The number of hydrogen-bond donors (Lipinski definition) is 1. The zero-order valence-electron chi connectivity index (χ0n) is 12.6. The maximum atomic E-state index is 13.2. The summed E-state index contributed by atoms with van der Waals surface area (Å²) in [6.07, 6.45) is 0.728. The minimum absolute atomic E-state index is 0.132. The molecule has 0 fully saturated rings. The van der Waals surface area contributed by atoms with Crippen LogP contribution in [0.1, 0.15) is 21.6 Å². The summed E-state index contributed by atoms with van der Waals surface area (Å²) >= 11 is 12.1. The van der Waals surface area contributed by atoms with Gasteiger partial charge in [0.25, 0.3) is 5.91 Å². The first-order valence-electron chi connectivity index (χ1n) is 7.56. The van der Waals surface area contributed by atoms with Gasteiger partial charge in [-0.2, -0.15) is 0 Å². The molecule has 1 aliphatic heterocycles. The smallest absolute Gasteiger partial charge is 0.255 e. The van der Waals surface area contributed by atoms with E-state index in [0.29, 0.717) is 23.7 Å². The van der Waals surface area contributed by atoms with Gasteiger partial charge in [-0.3, -0.25) is 4.79 Å². The number of benzene rings is 2. The summed E-state index contributed by atoms with van der Waals surface area (Å²) in [4.78, 5) is 17.9. The molecule has 0 spiro atoms. The van der Waals surface area contributed by atoms with Crippen LogP contribution in [-0.2, 0) is 13.0 Å². The Morgan fingerprint density at radius 2 is 2.00 bits per heavy atom. The average molecular weight is 363 g/mol. The number of fused-ring (bicyclic) bond motifs is 3. The minimum Gasteiger partial charge on any atom is -0.358 e. The molecule has 6 heteroatoms. The van der Waals surface area contributed by atoms with Gasteiger partial charge >= 0.3 is 0 Å². The first kappa shape index (κ1) is 15.5. The Morgan fingerprint density at radius 1 is 1.17 bits per heavy atom. The molecule has 4 rings (SSSR count). The number of aromatic nitrogens is 1. The third-order valence-corrected chi connectivity index (χ3v) is 4.93. The highest BCUT2D eigenvalue weighted by molar-refractivity contribution is 6.33. The van der Waals surface area contributed by atoms with Gasteiger partial charge in [-0.1, -0.05) is 23.2 Å². The van der Waals surface area contributed by atoms with Crippen LogP contribution in [0.2, 0.25) is 10.0 Å². The van der Waals surface area contributed by atoms with Gasteiger partial charge in [0, 0.05) is 46.7 Å². The number of hydrogen-bond acceptors (Lipinski definition) is 1. The number of nitrogens with one attached hydrogen (secondary N) is 1. The van der Waals surface area contributed by atoms with Crippen molar-refractivity contribution in [3.05, 3.63) is 69.1 Å². The zero-order chi connectivity index (χ0) is 16.8. The molecule has 0 radical (unpaired) electrons. The third-order valence-electron chi connectivity index (χ3n) is 4.39. The van der Waals surface area contributed by atoms with Crippen molar-refractivity contribution in [3.63, 3.8) is 0 Å². The zero-order valence-corrected chi connectivity index (χ0v) is 14.1. The minimum atomic E-state index is -0.455. The van der Waals surface area contributed by atoms with Gasteiger partial charge < -0.3 is 9.88 Å². The number of carbonyl (C=O) groups is 1. The lowest BCUT2D eigenvalue weighted by molar-refractivity contribution is 0.0735. The topological polar surface area (TPSA) is 36.1 Å². The highest BCUT2D eigenvalue weighted by atomic mass is 35.5. The molecule has 122 valence electrons. The van der Waals surface area contributed by atoms with Crippen LogP contribution < -0.4 is 0 Å². The number of halogens is 3. The summed E-state index contributed by atoms with van der Waals surface area (Å²) in [6.45, 7) is 1.06. The normalized spacial score (nSPS) is 14.0. The van der Waals surface area contributed by atoms with Gasteiger partial charge in [-0.05, 0) is 36.4 Å². The Labute approximate surface area is 148 Å². The monoisotopic (exact) mass is 362 g/mol. The molecular weight excluding hydrogens is 350 g/mol. The van der Waals surface area contributed by atoms with E-state index in [-0.39, 0.29) is 10.9 Å². The Hall–Kier alpha value is -2.04. The van der Waals surface area contributed by atoms with E-state index in [9.17, 15) is 9.18 Å². The fourth-order valence-electron chi connectivity index (χ4n) is 3.19. The largest absolute Gasteiger partial charge is 0.358 e. The first-order chi connectivity index (χ1) is 11.5. The molecule has 0 saturated carbocycles. The van der Waals surface area contributed by atoms with Crippen molar-refractivity contribution in [1.29, 1.82) is 0 Å². The van der Waals surface area contributed by atoms with Crippen LogP contribution in [0.25, 0.3) is 10.9 Å². The molecule has 0 unspecified atom stereocenters. The molecule has 0 aliphatic carbocycles. The van der Waals surface area contributed by atoms with Crippen molar-refractivity contribution in [3.8, 4) is 0 Å². The summed E-state index contributed by atoms with van der Waals surface area (Å²) in [5, 5.41) is 1.82. The molecule has 3 nitrogen and oxygen atoms in total. The quantitative estimate of drug-likeness (QED) is 0.662. The summed E-state index contributed by atoms with van der Waals surface area (Å²) < 4.78 is 13.2. The van der Waals surface area contributed by atoms with Crippen molar-refractivity contribution in [2.24, 2.45) is 0 Å². The van der Waals surface area contributed by atoms with Gasteiger partial charge in [0.2, 0.25) is 0 Å². The van der Waals surface area contributed by atoms with Crippen LogP contribution in [0, 0.1) is 5.82 Å². The fraction of sp³-hybridized carbons (Fsp3) is 0.167. The van der Waals surface area contributed by atoms with Gasteiger partial charge in [0.15, 0.2) is 0 Å². The summed E-state index contributed by atoms with van der Waals surface area (Å²) in [5.41, 5.74) is 3.53. The number of H-pyrrole nitrogens is 1. The Morgan fingerprint density at radius 3 is 2.79 bits per heavy atom. The standard InChI is InChI=1S/C18H13Cl2FN2O/c19-10-1-4-16-13(7-10)14-9-23(6-5-17(14)22-16)18(24)12-3-2-11(21)8-15(12)20/h1-4,7-8,22H,5-6,9H2. The average Bonchev–Trinajstić information content (AvgIpc) is 2.91. The molecule has 1 aromatic heterocycles. The maximum Gasteiger partial charge on any atom is 0.255 e. The molecule has 1 amide bonds. The van der Waals surface area contributed by atoms with E-state index in [1.807, 2.05) is 18.2 Å². The second-order valence-electron chi connectivity index (χ2n) is 5.87. The van der Waals surface area contributed by atoms with Gasteiger partial charge in [0.05, 0.1) is 10.6 Å². The highest BCUT2D eigenvalue weighted by Crippen LogP contribution is 2.31. The fourth-order valence-corrected chi connectivity index (χ4v) is 3.61. The molecule has 0 bridgehead atoms. The van der Waals surface area contributed by atoms with E-state index in [0.717, 1.165) is 34.6 Å². The lowest BCUT2D eigenvalue weighted by Gasteiger charge is -2.27. The predicted molar refractivity (Wildman–Crippen MR) is 93.2 cm³/mol. The van der Waals surface area contributed by atoms with Crippen molar-refractivity contribution >= 4 is 40.0 Å². The van der Waals surface area contributed by atoms with Gasteiger partial charge in [0.1, 0.15) is 5.82 Å². The molecular formula is C18H13Cl2FN2O. The van der Waals surface area contributed by atoms with Crippen LogP contribution in [0.4, 0.5) is 4.39 Å². The van der Waals surface area contributed by atoms with Gasteiger partial charge in [-0.15, -0.1) is 0 Å². The molecule has 1 N–H and O–H groups in total. The number of rotatable bonds is 1. The number of aromatic amines is 1. The molecule has 0 atom stereocenters. The molecule has 1 aliphatic rings. The number of amides is 1. The Bertz CT molecular complexity index is 967. The van der Waals surface area contributed by atoms with Crippen LogP contribution in [-0.4, -0.2) is 22.3 Å². The van der Waals surface area contributed by atoms with Crippen LogP contribution in [0.3, 0.4) is 0 Å². The van der Waals surface area contributed by atoms with Crippen molar-refractivity contribution in [2.75, 3.05) is 6.54 Å². The second-order valence-corrected chi connectivity index (χ2v) is 6.72. The lowest BCUT2D eigenvalue weighted by atomic mass is 10.0. The molecule has 2 aromatic carbocycles. The summed E-state index contributed by atoms with van der Waals surface area (Å²) in [6, 6.07) is 9.54. The van der Waals surface area contributed by atoms with Crippen LogP contribution in [0.5, 0.6) is 0 Å². The van der Waals surface area contributed by atoms with Crippen molar-refractivity contribution in [1.82, 2.24) is 9.88 Å².